The summed E-state index contributed by atoms with van der Waals surface area (Å²) < 4.78 is 60.0. The van der Waals surface area contributed by atoms with E-state index in [2.05, 4.69) is 10.5 Å². The molecule has 0 bridgehead atoms. The molecule has 10 nitrogen and oxygen atoms in total. The van der Waals surface area contributed by atoms with Crippen molar-refractivity contribution >= 4 is 31.6 Å². The molecule has 180 valence electrons. The number of anilines is 1. The summed E-state index contributed by atoms with van der Waals surface area (Å²) in [5.41, 5.74) is 0.550. The van der Waals surface area contributed by atoms with Gasteiger partial charge in [0.1, 0.15) is 16.6 Å². The largest absolute Gasteiger partial charge is 0.360 e. The first-order valence-corrected chi connectivity index (χ1v) is 13.9. The Labute approximate surface area is 194 Å². The Morgan fingerprint density at radius 1 is 1.03 bits per heavy atom. The number of carbonyl (C=O) groups excluding carboxylic acids is 1. The zero-order valence-electron chi connectivity index (χ0n) is 18.7. The number of nitrogens with one attached hydrogen (secondary N) is 1. The van der Waals surface area contributed by atoms with Gasteiger partial charge in [0.2, 0.25) is 26.0 Å². The van der Waals surface area contributed by atoms with Crippen molar-refractivity contribution in [3.8, 4) is 0 Å². The molecule has 2 fully saturated rings. The molecule has 12 heteroatoms. The maximum absolute atomic E-state index is 13.2. The van der Waals surface area contributed by atoms with Gasteiger partial charge in [-0.3, -0.25) is 4.79 Å². The molecule has 0 radical (unpaired) electrons. The average Bonchev–Trinajstić information content (AvgIpc) is 3.42. The lowest BCUT2D eigenvalue weighted by atomic mass is 10.2. The molecular formula is C21H28N4O6S2. The Bertz CT molecular complexity index is 1230. The zero-order valence-corrected chi connectivity index (χ0v) is 20.3. The number of hydrogen-bond donors (Lipinski definition) is 1. The molecule has 2 aliphatic heterocycles. The molecular weight excluding hydrogens is 468 g/mol. The van der Waals surface area contributed by atoms with Crippen molar-refractivity contribution in [2.45, 2.75) is 61.8 Å². The lowest BCUT2D eigenvalue weighted by Gasteiger charge is -2.26. The van der Waals surface area contributed by atoms with Crippen molar-refractivity contribution < 1.29 is 26.2 Å². The highest BCUT2D eigenvalue weighted by Gasteiger charge is 2.42. The van der Waals surface area contributed by atoms with Crippen molar-refractivity contribution in [2.24, 2.45) is 0 Å². The Balaban J connectivity index is 1.54. The minimum absolute atomic E-state index is 0.0168. The SMILES string of the molecule is Cc1noc(C)c1S(=O)(=O)N1CCC[C@@H]1C(=O)Nc1cccc(S(=O)(=O)N2CCCCC2)c1. The molecule has 33 heavy (non-hydrogen) atoms. The van der Waals surface area contributed by atoms with Crippen LogP contribution in [0.1, 0.15) is 43.6 Å². The number of rotatable bonds is 6. The van der Waals surface area contributed by atoms with E-state index in [4.69, 9.17) is 4.52 Å². The van der Waals surface area contributed by atoms with E-state index in [1.165, 1.54) is 27.7 Å². The van der Waals surface area contributed by atoms with Crippen molar-refractivity contribution in [1.29, 1.82) is 0 Å². The van der Waals surface area contributed by atoms with Crippen LogP contribution in [-0.4, -0.2) is 62.2 Å². The van der Waals surface area contributed by atoms with Crippen LogP contribution in [0, 0.1) is 13.8 Å². The molecule has 2 aromatic rings. The molecule has 3 heterocycles. The van der Waals surface area contributed by atoms with Crippen LogP contribution in [0.15, 0.2) is 38.6 Å². The number of piperidine rings is 1. The first kappa shape index (κ1) is 23.9. The van der Waals surface area contributed by atoms with Gasteiger partial charge in [-0.25, -0.2) is 16.8 Å². The van der Waals surface area contributed by atoms with Crippen LogP contribution in [0.2, 0.25) is 0 Å². The van der Waals surface area contributed by atoms with Crippen LogP contribution in [0.3, 0.4) is 0 Å². The Morgan fingerprint density at radius 2 is 1.76 bits per heavy atom. The van der Waals surface area contributed by atoms with Gasteiger partial charge in [0.25, 0.3) is 0 Å². The van der Waals surface area contributed by atoms with E-state index >= 15 is 0 Å². The fourth-order valence-corrected chi connectivity index (χ4v) is 7.98. The molecule has 1 atom stereocenters. The summed E-state index contributed by atoms with van der Waals surface area (Å²) in [7, 11) is -7.63. The van der Waals surface area contributed by atoms with Gasteiger partial charge in [-0.05, 0) is 57.7 Å². The molecule has 2 aliphatic rings. The number of aromatic nitrogens is 1. The van der Waals surface area contributed by atoms with E-state index in [9.17, 15) is 21.6 Å². The second-order valence-electron chi connectivity index (χ2n) is 8.41. The maximum Gasteiger partial charge on any atom is 0.249 e. The normalized spacial score (nSPS) is 20.7. The first-order chi connectivity index (χ1) is 15.6. The summed E-state index contributed by atoms with van der Waals surface area (Å²) in [6.45, 7) is 4.23. The minimum Gasteiger partial charge on any atom is -0.360 e. The predicted molar refractivity (Wildman–Crippen MR) is 121 cm³/mol. The molecule has 4 rings (SSSR count). The number of hydrogen-bond acceptors (Lipinski definition) is 7. The monoisotopic (exact) mass is 496 g/mol. The van der Waals surface area contributed by atoms with Gasteiger partial charge in [-0.2, -0.15) is 8.61 Å². The molecule has 1 N–H and O–H groups in total. The molecule has 0 aliphatic carbocycles. The van der Waals surface area contributed by atoms with Gasteiger partial charge < -0.3 is 9.84 Å². The predicted octanol–water partition coefficient (Wildman–Crippen LogP) is 2.26. The van der Waals surface area contributed by atoms with E-state index in [-0.39, 0.29) is 27.8 Å². The number of aryl methyl sites for hydroxylation is 2. The van der Waals surface area contributed by atoms with Crippen LogP contribution >= 0.6 is 0 Å². The molecule has 1 amide bonds. The van der Waals surface area contributed by atoms with Gasteiger partial charge >= 0.3 is 0 Å². The summed E-state index contributed by atoms with van der Waals surface area (Å²) in [5, 5.41) is 6.43. The summed E-state index contributed by atoms with van der Waals surface area (Å²) in [6, 6.07) is 5.17. The van der Waals surface area contributed by atoms with E-state index in [1.54, 1.807) is 19.1 Å². The zero-order chi connectivity index (χ0) is 23.8. The molecule has 0 unspecified atom stereocenters. The third-order valence-corrected chi connectivity index (χ3v) is 10.1. The molecule has 0 saturated carbocycles. The lowest BCUT2D eigenvalue weighted by Crippen LogP contribution is -2.43. The second-order valence-corrected chi connectivity index (χ2v) is 12.2. The van der Waals surface area contributed by atoms with Crippen LogP contribution in [-0.2, 0) is 24.8 Å². The van der Waals surface area contributed by atoms with Gasteiger partial charge in [-0.1, -0.05) is 17.6 Å². The second kappa shape index (κ2) is 9.16. The molecule has 2 saturated heterocycles. The standard InChI is InChI=1S/C21H28N4O6S2/c1-15-20(16(2)31-23-15)33(29,30)25-13-7-10-19(25)21(26)22-17-8-6-9-18(14-17)32(27,28)24-11-4-3-5-12-24/h6,8-9,14,19H,3-5,7,10-13H2,1-2H3,(H,22,26)/t19-/m1/s1. The van der Waals surface area contributed by atoms with Gasteiger partial charge in [-0.15, -0.1) is 0 Å². The minimum atomic E-state index is -3.98. The molecule has 0 spiro atoms. The molecule has 1 aromatic heterocycles. The third-order valence-electron chi connectivity index (χ3n) is 6.10. The quantitative estimate of drug-likeness (QED) is 0.649. The highest BCUT2D eigenvalue weighted by Crippen LogP contribution is 2.30. The highest BCUT2D eigenvalue weighted by molar-refractivity contribution is 7.89. The number of sulfonamides is 2. The number of nitrogens with zero attached hydrogens (tertiary/aromatic N) is 3. The Hall–Kier alpha value is -2.28. The molecule has 1 aromatic carbocycles. The van der Waals surface area contributed by atoms with Gasteiger partial charge in [0.05, 0.1) is 4.90 Å². The highest BCUT2D eigenvalue weighted by atomic mass is 32.2. The van der Waals surface area contributed by atoms with Crippen LogP contribution in [0.4, 0.5) is 5.69 Å². The third kappa shape index (κ3) is 4.57. The lowest BCUT2D eigenvalue weighted by molar-refractivity contribution is -0.119. The van der Waals surface area contributed by atoms with Crippen molar-refractivity contribution in [3.05, 3.63) is 35.7 Å². The maximum atomic E-state index is 13.2. The van der Waals surface area contributed by atoms with Gasteiger partial charge in [0.15, 0.2) is 5.76 Å². The van der Waals surface area contributed by atoms with Crippen molar-refractivity contribution in [1.82, 2.24) is 13.8 Å². The summed E-state index contributed by atoms with van der Waals surface area (Å²) in [5.74, 6) is -0.329. The van der Waals surface area contributed by atoms with Crippen molar-refractivity contribution in [3.63, 3.8) is 0 Å². The summed E-state index contributed by atoms with van der Waals surface area (Å²) in [6.07, 6.45) is 3.56. The number of amides is 1. The smallest absolute Gasteiger partial charge is 0.249 e. The fraction of sp³-hybridized carbons (Fsp3) is 0.524. The fourth-order valence-electron chi connectivity index (χ4n) is 4.46. The Morgan fingerprint density at radius 3 is 2.42 bits per heavy atom. The summed E-state index contributed by atoms with van der Waals surface area (Å²) >= 11 is 0. The number of benzene rings is 1. The van der Waals surface area contributed by atoms with E-state index in [0.717, 1.165) is 19.3 Å². The van der Waals surface area contributed by atoms with Crippen LogP contribution in [0.25, 0.3) is 0 Å². The first-order valence-electron chi connectivity index (χ1n) is 11.0. The topological polar surface area (TPSA) is 130 Å². The van der Waals surface area contributed by atoms with Gasteiger partial charge in [0, 0.05) is 25.3 Å². The average molecular weight is 497 g/mol. The van der Waals surface area contributed by atoms with Crippen LogP contribution < -0.4 is 5.32 Å². The van der Waals surface area contributed by atoms with Crippen LogP contribution in [0.5, 0.6) is 0 Å². The van der Waals surface area contributed by atoms with E-state index in [0.29, 0.717) is 31.6 Å². The summed E-state index contributed by atoms with van der Waals surface area (Å²) in [4.78, 5) is 13.1. The van der Waals surface area contributed by atoms with E-state index < -0.39 is 32.0 Å². The number of carbonyl (C=O) groups is 1. The van der Waals surface area contributed by atoms with E-state index in [1.807, 2.05) is 0 Å². The van der Waals surface area contributed by atoms with Crippen molar-refractivity contribution in [2.75, 3.05) is 25.0 Å². The Kier molecular flexibility index (Phi) is 6.63.